The molecule has 0 saturated heterocycles. The van der Waals surface area contributed by atoms with Crippen LogP contribution in [0.1, 0.15) is 17.3 Å². The van der Waals surface area contributed by atoms with Gasteiger partial charge in [0, 0.05) is 24.6 Å². The van der Waals surface area contributed by atoms with E-state index in [1.54, 1.807) is 0 Å². The zero-order chi connectivity index (χ0) is 12.1. The molecule has 0 fully saturated rings. The minimum Gasteiger partial charge on any atom is -0.457 e. The lowest BCUT2D eigenvalue weighted by molar-refractivity contribution is -0.384. The van der Waals surface area contributed by atoms with Gasteiger partial charge < -0.3 is 4.74 Å². The van der Waals surface area contributed by atoms with Gasteiger partial charge in [-0.1, -0.05) is 0 Å². The van der Waals surface area contributed by atoms with Crippen molar-refractivity contribution in [2.45, 2.75) is 6.92 Å². The van der Waals surface area contributed by atoms with Crippen LogP contribution in [0, 0.1) is 10.1 Å². The molecule has 6 nitrogen and oxygen atoms in total. The third-order valence-corrected chi connectivity index (χ3v) is 1.81. The average Bonchev–Trinajstić information content (AvgIpc) is 2.26. The Balaban J connectivity index is 2.70. The first kappa shape index (κ1) is 11.8. The molecule has 6 heteroatoms. The molecule has 0 unspecified atom stereocenters. The second-order valence-corrected chi connectivity index (χ2v) is 3.01. The van der Waals surface area contributed by atoms with Gasteiger partial charge >= 0.3 is 5.97 Å². The van der Waals surface area contributed by atoms with Crippen molar-refractivity contribution in [3.05, 3.63) is 39.9 Å². The van der Waals surface area contributed by atoms with Crippen LogP contribution in [0.15, 0.2) is 24.3 Å². The van der Waals surface area contributed by atoms with Crippen molar-refractivity contribution >= 4 is 17.4 Å². The van der Waals surface area contributed by atoms with E-state index >= 15 is 0 Å². The summed E-state index contributed by atoms with van der Waals surface area (Å²) in [5, 5.41) is 10.3. The fourth-order valence-corrected chi connectivity index (χ4v) is 1.02. The Morgan fingerprint density at radius 3 is 2.31 bits per heavy atom. The molecule has 0 atom stereocenters. The molecule has 0 aliphatic heterocycles. The fourth-order valence-electron chi connectivity index (χ4n) is 1.02. The van der Waals surface area contributed by atoms with Crippen LogP contribution in [0.5, 0.6) is 0 Å². The van der Waals surface area contributed by atoms with E-state index in [2.05, 4.69) is 4.74 Å². The Morgan fingerprint density at radius 2 is 1.88 bits per heavy atom. The van der Waals surface area contributed by atoms with E-state index in [1.165, 1.54) is 31.2 Å². The molecule has 0 aliphatic rings. The van der Waals surface area contributed by atoms with Gasteiger partial charge in [0.1, 0.15) is 0 Å². The van der Waals surface area contributed by atoms with E-state index in [0.29, 0.717) is 0 Å². The molecule has 1 aromatic rings. The molecule has 0 heterocycles. The van der Waals surface area contributed by atoms with E-state index in [1.807, 2.05) is 0 Å². The number of Topliss-reactive ketones (excluding diaryl/α,β-unsaturated/α-hetero) is 1. The summed E-state index contributed by atoms with van der Waals surface area (Å²) in [6.45, 7) is 0.844. The first-order valence-electron chi connectivity index (χ1n) is 4.41. The third kappa shape index (κ3) is 3.16. The number of hydrogen-bond donors (Lipinski definition) is 0. The highest BCUT2D eigenvalue weighted by molar-refractivity contribution is 5.98. The summed E-state index contributed by atoms with van der Waals surface area (Å²) in [5.41, 5.74) is 0.177. The summed E-state index contributed by atoms with van der Waals surface area (Å²) in [6.07, 6.45) is 0. The normalized spacial score (nSPS) is 9.56. The van der Waals surface area contributed by atoms with Crippen LogP contribution in [0.25, 0.3) is 0 Å². The van der Waals surface area contributed by atoms with Crippen LogP contribution >= 0.6 is 0 Å². The number of nitro groups is 1. The number of nitrogens with zero attached hydrogens (tertiary/aromatic N) is 1. The molecule has 0 aromatic heterocycles. The van der Waals surface area contributed by atoms with Crippen LogP contribution in [-0.4, -0.2) is 23.3 Å². The Hall–Kier alpha value is -2.24. The number of hydrogen-bond acceptors (Lipinski definition) is 5. The van der Waals surface area contributed by atoms with Crippen molar-refractivity contribution in [3.8, 4) is 0 Å². The van der Waals surface area contributed by atoms with Crippen LogP contribution in [0.2, 0.25) is 0 Å². The topological polar surface area (TPSA) is 86.5 Å². The Labute approximate surface area is 91.0 Å². The third-order valence-electron chi connectivity index (χ3n) is 1.81. The smallest absolute Gasteiger partial charge is 0.303 e. The van der Waals surface area contributed by atoms with Gasteiger partial charge in [-0.2, -0.15) is 0 Å². The predicted molar refractivity (Wildman–Crippen MR) is 54.1 cm³/mol. The highest BCUT2D eigenvalue weighted by atomic mass is 16.6. The quantitative estimate of drug-likeness (QED) is 0.332. The van der Waals surface area contributed by atoms with Crippen molar-refractivity contribution in [2.75, 3.05) is 6.61 Å². The second kappa shape index (κ2) is 5.01. The zero-order valence-corrected chi connectivity index (χ0v) is 8.50. The molecule has 1 rings (SSSR count). The highest BCUT2D eigenvalue weighted by Crippen LogP contribution is 2.12. The second-order valence-electron chi connectivity index (χ2n) is 3.01. The summed E-state index contributed by atoms with van der Waals surface area (Å²) in [4.78, 5) is 31.6. The number of nitro benzene ring substituents is 1. The van der Waals surface area contributed by atoms with Crippen LogP contribution in [-0.2, 0) is 9.53 Å². The standard InChI is InChI=1S/C10H9NO5/c1-7(12)16-6-10(13)8-2-4-9(5-3-8)11(14)15/h2-5H,6H2,1H3. The number of benzene rings is 1. The number of carbonyl (C=O) groups excluding carboxylic acids is 2. The molecular weight excluding hydrogens is 214 g/mol. The minimum absolute atomic E-state index is 0.0935. The zero-order valence-electron chi connectivity index (χ0n) is 8.50. The minimum atomic E-state index is -0.555. The molecule has 0 spiro atoms. The van der Waals surface area contributed by atoms with Gasteiger partial charge in [0.15, 0.2) is 12.4 Å². The summed E-state index contributed by atoms with van der Waals surface area (Å²) >= 11 is 0. The van der Waals surface area contributed by atoms with E-state index in [9.17, 15) is 19.7 Å². The molecule has 1 aromatic carbocycles. The Kier molecular flexibility index (Phi) is 3.71. The van der Waals surface area contributed by atoms with Gasteiger partial charge in [0.2, 0.25) is 0 Å². The molecule has 0 bridgehead atoms. The summed E-state index contributed by atoms with van der Waals surface area (Å²) < 4.78 is 4.51. The number of ether oxygens (including phenoxy) is 1. The highest BCUT2D eigenvalue weighted by Gasteiger charge is 2.10. The largest absolute Gasteiger partial charge is 0.457 e. The summed E-state index contributed by atoms with van der Waals surface area (Å²) in [5.74, 6) is -0.944. The summed E-state index contributed by atoms with van der Waals surface area (Å²) in [6, 6.07) is 5.09. The maximum absolute atomic E-state index is 11.4. The van der Waals surface area contributed by atoms with Crippen molar-refractivity contribution < 1.29 is 19.2 Å². The lowest BCUT2D eigenvalue weighted by atomic mass is 10.1. The van der Waals surface area contributed by atoms with E-state index < -0.39 is 16.7 Å². The average molecular weight is 223 g/mol. The van der Waals surface area contributed by atoms with Crippen LogP contribution in [0.3, 0.4) is 0 Å². The van der Waals surface area contributed by atoms with Crippen molar-refractivity contribution in [2.24, 2.45) is 0 Å². The molecule has 0 amide bonds. The predicted octanol–water partition coefficient (Wildman–Crippen LogP) is 1.34. The fraction of sp³-hybridized carbons (Fsp3) is 0.200. The maximum Gasteiger partial charge on any atom is 0.303 e. The van der Waals surface area contributed by atoms with Gasteiger partial charge in [-0.05, 0) is 12.1 Å². The number of rotatable bonds is 4. The monoisotopic (exact) mass is 223 g/mol. The molecule has 0 saturated carbocycles. The van der Waals surface area contributed by atoms with Gasteiger partial charge in [-0.25, -0.2) is 0 Å². The van der Waals surface area contributed by atoms with Gasteiger partial charge in [-0.15, -0.1) is 0 Å². The number of non-ortho nitro benzene ring substituents is 1. The first-order chi connectivity index (χ1) is 7.50. The Morgan fingerprint density at radius 1 is 1.31 bits per heavy atom. The molecular formula is C10H9NO5. The van der Waals surface area contributed by atoms with Gasteiger partial charge in [0.25, 0.3) is 5.69 Å². The van der Waals surface area contributed by atoms with Crippen molar-refractivity contribution in [1.82, 2.24) is 0 Å². The van der Waals surface area contributed by atoms with E-state index in [4.69, 9.17) is 0 Å². The lowest BCUT2D eigenvalue weighted by Gasteiger charge is -2.00. The van der Waals surface area contributed by atoms with E-state index in [-0.39, 0.29) is 17.9 Å². The van der Waals surface area contributed by atoms with Gasteiger partial charge in [-0.3, -0.25) is 19.7 Å². The molecule has 0 aliphatic carbocycles. The van der Waals surface area contributed by atoms with Gasteiger partial charge in [0.05, 0.1) is 4.92 Å². The van der Waals surface area contributed by atoms with Crippen LogP contribution < -0.4 is 0 Å². The number of carbonyl (C=O) groups is 2. The summed E-state index contributed by atoms with van der Waals surface area (Å²) in [7, 11) is 0. The Bertz CT molecular complexity index is 423. The number of esters is 1. The first-order valence-corrected chi connectivity index (χ1v) is 4.41. The van der Waals surface area contributed by atoms with E-state index in [0.717, 1.165) is 0 Å². The molecule has 0 radical (unpaired) electrons. The van der Waals surface area contributed by atoms with Crippen molar-refractivity contribution in [1.29, 1.82) is 0 Å². The van der Waals surface area contributed by atoms with Crippen LogP contribution in [0.4, 0.5) is 5.69 Å². The maximum atomic E-state index is 11.4. The molecule has 84 valence electrons. The SMILES string of the molecule is CC(=O)OCC(=O)c1ccc([N+](=O)[O-])cc1. The molecule has 0 N–H and O–H groups in total. The number of ketones is 1. The molecule has 16 heavy (non-hydrogen) atoms. The van der Waals surface area contributed by atoms with Crippen molar-refractivity contribution in [3.63, 3.8) is 0 Å². The lowest BCUT2D eigenvalue weighted by Crippen LogP contribution is -2.11.